The van der Waals surface area contributed by atoms with Crippen LogP contribution >= 0.6 is 0 Å². The van der Waals surface area contributed by atoms with Gasteiger partial charge in [-0.3, -0.25) is 4.79 Å². The molecular weight excluding hydrogens is 288 g/mol. The van der Waals surface area contributed by atoms with Crippen LogP contribution in [0.5, 0.6) is 5.75 Å². The summed E-state index contributed by atoms with van der Waals surface area (Å²) >= 11 is 0. The number of benzene rings is 2. The number of carbonyl (C=O) groups is 1. The second kappa shape index (κ2) is 6.10. The zero-order chi connectivity index (χ0) is 15.5. The summed E-state index contributed by atoms with van der Waals surface area (Å²) in [7, 11) is -3.89. The van der Waals surface area contributed by atoms with E-state index < -0.39 is 10.1 Å². The Labute approximate surface area is 124 Å². The maximum Gasteiger partial charge on any atom is 0.339 e. The predicted molar refractivity (Wildman–Crippen MR) is 80.1 cm³/mol. The van der Waals surface area contributed by atoms with Gasteiger partial charge in [-0.25, -0.2) is 0 Å². The van der Waals surface area contributed by atoms with Gasteiger partial charge in [-0.2, -0.15) is 8.42 Å². The second-order valence-corrected chi connectivity index (χ2v) is 6.17. The Bertz CT molecular complexity index is 746. The van der Waals surface area contributed by atoms with Gasteiger partial charge in [0.05, 0.1) is 0 Å². The van der Waals surface area contributed by atoms with E-state index in [-0.39, 0.29) is 16.4 Å². The summed E-state index contributed by atoms with van der Waals surface area (Å²) in [6.45, 7) is 3.41. The van der Waals surface area contributed by atoms with E-state index in [1.807, 2.05) is 6.92 Å². The molecule has 0 aliphatic rings. The highest BCUT2D eigenvalue weighted by Crippen LogP contribution is 2.20. The van der Waals surface area contributed by atoms with Gasteiger partial charge < -0.3 is 4.18 Å². The zero-order valence-corrected chi connectivity index (χ0v) is 12.7. The minimum atomic E-state index is -3.89. The fourth-order valence-electron chi connectivity index (χ4n) is 1.83. The summed E-state index contributed by atoms with van der Waals surface area (Å²) in [5, 5.41) is 0. The van der Waals surface area contributed by atoms with Crippen molar-refractivity contribution in [1.82, 2.24) is 0 Å². The van der Waals surface area contributed by atoms with Crippen molar-refractivity contribution in [2.24, 2.45) is 0 Å². The summed E-state index contributed by atoms with van der Waals surface area (Å²) < 4.78 is 29.4. The van der Waals surface area contributed by atoms with Gasteiger partial charge in [0.15, 0.2) is 5.78 Å². The SMILES string of the molecule is CCc1ccc(S(=O)(=O)Oc2cccc(C(C)=O)c2)cc1. The van der Waals surface area contributed by atoms with Crippen molar-refractivity contribution < 1.29 is 17.4 Å². The fourth-order valence-corrected chi connectivity index (χ4v) is 2.76. The lowest BCUT2D eigenvalue weighted by Gasteiger charge is -2.08. The average Bonchev–Trinajstić information content (AvgIpc) is 2.47. The first-order valence-corrected chi connectivity index (χ1v) is 7.97. The molecule has 4 nitrogen and oxygen atoms in total. The van der Waals surface area contributed by atoms with Crippen LogP contribution < -0.4 is 4.18 Å². The van der Waals surface area contributed by atoms with Crippen molar-refractivity contribution in [3.8, 4) is 5.75 Å². The number of hydrogen-bond acceptors (Lipinski definition) is 4. The van der Waals surface area contributed by atoms with Crippen LogP contribution in [0.3, 0.4) is 0 Å². The summed E-state index contributed by atoms with van der Waals surface area (Å²) in [5.74, 6) is -0.0209. The maximum atomic E-state index is 12.2. The van der Waals surface area contributed by atoms with Crippen molar-refractivity contribution in [3.63, 3.8) is 0 Å². The first-order valence-electron chi connectivity index (χ1n) is 6.57. The molecule has 110 valence electrons. The molecule has 0 radical (unpaired) electrons. The number of hydrogen-bond donors (Lipinski definition) is 0. The van der Waals surface area contributed by atoms with E-state index in [4.69, 9.17) is 4.18 Å². The van der Waals surface area contributed by atoms with Crippen molar-refractivity contribution in [1.29, 1.82) is 0 Å². The van der Waals surface area contributed by atoms with Crippen LogP contribution in [0.2, 0.25) is 0 Å². The molecule has 0 N–H and O–H groups in total. The Morgan fingerprint density at radius 1 is 1.10 bits per heavy atom. The van der Waals surface area contributed by atoms with Crippen molar-refractivity contribution in [3.05, 3.63) is 59.7 Å². The molecule has 0 heterocycles. The third-order valence-corrected chi connectivity index (χ3v) is 4.33. The third kappa shape index (κ3) is 3.70. The molecule has 0 unspecified atom stereocenters. The normalized spacial score (nSPS) is 11.1. The van der Waals surface area contributed by atoms with Crippen LogP contribution in [0, 0.1) is 0 Å². The molecule has 0 amide bonds. The molecule has 0 atom stereocenters. The minimum absolute atomic E-state index is 0.0907. The largest absolute Gasteiger partial charge is 0.379 e. The second-order valence-electron chi connectivity index (χ2n) is 4.62. The van der Waals surface area contributed by atoms with Crippen LogP contribution in [0.25, 0.3) is 0 Å². The Hall–Kier alpha value is -2.14. The van der Waals surface area contributed by atoms with E-state index in [1.54, 1.807) is 24.3 Å². The van der Waals surface area contributed by atoms with Gasteiger partial charge in [0.25, 0.3) is 0 Å². The van der Waals surface area contributed by atoms with Crippen LogP contribution in [0.1, 0.15) is 29.8 Å². The maximum absolute atomic E-state index is 12.2. The van der Waals surface area contributed by atoms with Gasteiger partial charge in [-0.15, -0.1) is 0 Å². The Morgan fingerprint density at radius 3 is 2.33 bits per heavy atom. The average molecular weight is 304 g/mol. The number of rotatable bonds is 5. The molecule has 0 fully saturated rings. The van der Waals surface area contributed by atoms with Gasteiger partial charge in [0, 0.05) is 5.56 Å². The highest BCUT2D eigenvalue weighted by molar-refractivity contribution is 7.87. The highest BCUT2D eigenvalue weighted by Gasteiger charge is 2.16. The van der Waals surface area contributed by atoms with Gasteiger partial charge in [-0.05, 0) is 43.2 Å². The number of ketones is 1. The van der Waals surface area contributed by atoms with E-state index in [1.165, 1.54) is 31.2 Å². The van der Waals surface area contributed by atoms with Crippen LogP contribution in [-0.4, -0.2) is 14.2 Å². The minimum Gasteiger partial charge on any atom is -0.379 e. The van der Waals surface area contributed by atoms with Crippen LogP contribution in [0.4, 0.5) is 0 Å². The molecule has 0 spiro atoms. The Balaban J connectivity index is 2.28. The molecule has 0 aromatic heterocycles. The van der Waals surface area contributed by atoms with Crippen molar-refractivity contribution in [2.75, 3.05) is 0 Å². The van der Waals surface area contributed by atoms with E-state index in [9.17, 15) is 13.2 Å². The van der Waals surface area contributed by atoms with Crippen molar-refractivity contribution >= 4 is 15.9 Å². The molecule has 0 saturated carbocycles. The molecule has 21 heavy (non-hydrogen) atoms. The predicted octanol–water partition coefficient (Wildman–Crippen LogP) is 3.22. The molecule has 2 rings (SSSR count). The summed E-state index contributed by atoms with van der Waals surface area (Å²) in [4.78, 5) is 11.4. The van der Waals surface area contributed by atoms with E-state index in [0.717, 1.165) is 12.0 Å². The number of carbonyl (C=O) groups excluding carboxylic acids is 1. The zero-order valence-electron chi connectivity index (χ0n) is 11.9. The molecule has 2 aromatic rings. The summed E-state index contributed by atoms with van der Waals surface area (Å²) in [5.41, 5.74) is 1.46. The van der Waals surface area contributed by atoms with Crippen LogP contribution in [-0.2, 0) is 16.5 Å². The van der Waals surface area contributed by atoms with Gasteiger partial charge >= 0.3 is 10.1 Å². The fraction of sp³-hybridized carbons (Fsp3) is 0.188. The van der Waals surface area contributed by atoms with Gasteiger partial charge in [0.1, 0.15) is 10.6 Å². The smallest absolute Gasteiger partial charge is 0.339 e. The monoisotopic (exact) mass is 304 g/mol. The molecule has 0 saturated heterocycles. The lowest BCUT2D eigenvalue weighted by Crippen LogP contribution is -2.10. The quantitative estimate of drug-likeness (QED) is 0.628. The molecule has 5 heteroatoms. The topological polar surface area (TPSA) is 60.4 Å². The van der Waals surface area contributed by atoms with Gasteiger partial charge in [0.2, 0.25) is 0 Å². The first-order chi connectivity index (χ1) is 9.92. The first kappa shape index (κ1) is 15.3. The van der Waals surface area contributed by atoms with Crippen molar-refractivity contribution in [2.45, 2.75) is 25.2 Å². The van der Waals surface area contributed by atoms with Crippen LogP contribution in [0.15, 0.2) is 53.4 Å². The number of aryl methyl sites for hydroxylation is 1. The molecule has 2 aromatic carbocycles. The van der Waals surface area contributed by atoms with E-state index in [0.29, 0.717) is 5.56 Å². The Kier molecular flexibility index (Phi) is 4.43. The molecule has 0 aliphatic heterocycles. The number of Topliss-reactive ketones (excluding diaryl/α,β-unsaturated/α-hetero) is 1. The molecule has 0 bridgehead atoms. The highest BCUT2D eigenvalue weighted by atomic mass is 32.2. The van der Waals surface area contributed by atoms with Gasteiger partial charge in [-0.1, -0.05) is 31.2 Å². The Morgan fingerprint density at radius 2 is 1.76 bits per heavy atom. The van der Waals surface area contributed by atoms with E-state index in [2.05, 4.69) is 0 Å². The lowest BCUT2D eigenvalue weighted by molar-refractivity contribution is 0.101. The standard InChI is InChI=1S/C16H16O4S/c1-3-13-7-9-16(10-8-13)21(18,19)20-15-6-4-5-14(11-15)12(2)17/h4-11H,3H2,1-2H3. The summed E-state index contributed by atoms with van der Waals surface area (Å²) in [6, 6.07) is 12.7. The molecular formula is C16H16O4S. The molecule has 0 aliphatic carbocycles. The van der Waals surface area contributed by atoms with E-state index >= 15 is 0 Å². The third-order valence-electron chi connectivity index (χ3n) is 3.07. The summed E-state index contributed by atoms with van der Waals surface area (Å²) in [6.07, 6.45) is 0.835. The lowest BCUT2D eigenvalue weighted by atomic mass is 10.1.